The van der Waals surface area contributed by atoms with Crippen LogP contribution in [-0.2, 0) is 7.05 Å². The third-order valence-corrected chi connectivity index (χ3v) is 3.82. The van der Waals surface area contributed by atoms with Crippen LogP contribution in [0.25, 0.3) is 22.0 Å². The molecule has 90 valence electrons. The zero-order valence-electron chi connectivity index (χ0n) is 10.4. The molecule has 1 nitrogen and oxygen atoms in total. The molecule has 0 bridgehead atoms. The molecule has 0 amide bonds. The average molecular weight is 256 g/mol. The minimum absolute atomic E-state index is 0.792. The van der Waals surface area contributed by atoms with E-state index in [-0.39, 0.29) is 0 Å². The van der Waals surface area contributed by atoms with E-state index in [1.807, 2.05) is 17.7 Å². The Hall–Kier alpha value is -1.73. The number of hydrogen-bond acceptors (Lipinski definition) is 0. The minimum Gasteiger partial charge on any atom is -0.334 e. The second-order valence-corrected chi connectivity index (χ2v) is 4.97. The summed E-state index contributed by atoms with van der Waals surface area (Å²) in [5.74, 6) is 0. The number of aromatic nitrogens is 1. The summed E-state index contributed by atoms with van der Waals surface area (Å²) in [5, 5.41) is 1.99. The van der Waals surface area contributed by atoms with E-state index >= 15 is 0 Å². The normalized spacial score (nSPS) is 11.1. The summed E-state index contributed by atoms with van der Waals surface area (Å²) in [6, 6.07) is 16.8. The molecule has 0 fully saturated rings. The maximum atomic E-state index is 6.47. The molecule has 2 aromatic carbocycles. The van der Waals surface area contributed by atoms with Gasteiger partial charge in [-0.2, -0.15) is 0 Å². The first kappa shape index (κ1) is 11.4. The summed E-state index contributed by atoms with van der Waals surface area (Å²) in [6.45, 7) is 2.09. The van der Waals surface area contributed by atoms with Gasteiger partial charge in [0.25, 0.3) is 0 Å². The molecule has 0 saturated heterocycles. The maximum absolute atomic E-state index is 6.47. The van der Waals surface area contributed by atoms with Crippen molar-refractivity contribution < 1.29 is 0 Å². The Labute approximate surface area is 112 Å². The molecule has 0 atom stereocenters. The molecule has 0 aliphatic heterocycles. The lowest BCUT2D eigenvalue weighted by molar-refractivity contribution is 0.971. The first-order valence-electron chi connectivity index (χ1n) is 5.98. The third kappa shape index (κ3) is 1.63. The Morgan fingerprint density at radius 2 is 1.61 bits per heavy atom. The van der Waals surface area contributed by atoms with Gasteiger partial charge in [-0.25, -0.2) is 0 Å². The molecule has 1 heterocycles. The molecule has 0 aliphatic rings. The quantitative estimate of drug-likeness (QED) is 0.588. The fourth-order valence-corrected chi connectivity index (χ4v) is 2.66. The van der Waals surface area contributed by atoms with Gasteiger partial charge in [-0.15, -0.1) is 0 Å². The van der Waals surface area contributed by atoms with Crippen LogP contribution in [0.15, 0.2) is 48.5 Å². The lowest BCUT2D eigenvalue weighted by atomic mass is 10.0. The Morgan fingerprint density at radius 1 is 0.944 bits per heavy atom. The van der Waals surface area contributed by atoms with Crippen LogP contribution in [-0.4, -0.2) is 4.57 Å². The molecule has 0 N–H and O–H groups in total. The van der Waals surface area contributed by atoms with Gasteiger partial charge in [0.05, 0.1) is 0 Å². The number of benzene rings is 2. The van der Waals surface area contributed by atoms with Crippen molar-refractivity contribution in [1.29, 1.82) is 0 Å². The van der Waals surface area contributed by atoms with E-state index in [0.717, 1.165) is 16.2 Å². The molecule has 3 aromatic rings. The van der Waals surface area contributed by atoms with Crippen LogP contribution in [0.1, 0.15) is 5.56 Å². The average Bonchev–Trinajstić information content (AvgIpc) is 2.64. The molecule has 1 aromatic heterocycles. The molecule has 18 heavy (non-hydrogen) atoms. The highest BCUT2D eigenvalue weighted by atomic mass is 35.5. The van der Waals surface area contributed by atoms with Gasteiger partial charge in [0.1, 0.15) is 5.15 Å². The van der Waals surface area contributed by atoms with Crippen molar-refractivity contribution in [1.82, 2.24) is 4.57 Å². The number of rotatable bonds is 1. The van der Waals surface area contributed by atoms with Gasteiger partial charge in [0, 0.05) is 23.5 Å². The van der Waals surface area contributed by atoms with Crippen molar-refractivity contribution >= 4 is 22.5 Å². The van der Waals surface area contributed by atoms with E-state index in [4.69, 9.17) is 11.6 Å². The standard InChI is InChI=1S/C16H14ClN/c1-11-7-9-12(10-8-11)15-13-5-3-4-6-14(13)18(2)16(15)17/h3-10H,1-2H3. The van der Waals surface area contributed by atoms with Gasteiger partial charge in [0.15, 0.2) is 0 Å². The predicted octanol–water partition coefficient (Wildman–Crippen LogP) is 4.81. The first-order chi connectivity index (χ1) is 8.68. The van der Waals surface area contributed by atoms with Gasteiger partial charge in [-0.05, 0) is 18.6 Å². The molecule has 0 unspecified atom stereocenters. The van der Waals surface area contributed by atoms with Crippen molar-refractivity contribution in [2.75, 3.05) is 0 Å². The van der Waals surface area contributed by atoms with Gasteiger partial charge < -0.3 is 4.57 Å². The molecule has 0 aliphatic carbocycles. The van der Waals surface area contributed by atoms with Crippen LogP contribution in [0.4, 0.5) is 0 Å². The fourth-order valence-electron chi connectivity index (χ4n) is 2.36. The number of fused-ring (bicyclic) bond motifs is 1. The van der Waals surface area contributed by atoms with Crippen molar-refractivity contribution in [2.45, 2.75) is 6.92 Å². The fraction of sp³-hybridized carbons (Fsp3) is 0.125. The van der Waals surface area contributed by atoms with Crippen LogP contribution in [0, 0.1) is 6.92 Å². The first-order valence-corrected chi connectivity index (χ1v) is 6.36. The lowest BCUT2D eigenvalue weighted by Gasteiger charge is -2.02. The number of hydrogen-bond donors (Lipinski definition) is 0. The van der Waals surface area contributed by atoms with Crippen LogP contribution >= 0.6 is 11.6 Å². The van der Waals surface area contributed by atoms with Crippen LogP contribution in [0.2, 0.25) is 5.15 Å². The number of halogens is 1. The Bertz CT molecular complexity index is 708. The van der Waals surface area contributed by atoms with Gasteiger partial charge in [0.2, 0.25) is 0 Å². The van der Waals surface area contributed by atoms with Crippen molar-refractivity contribution in [2.24, 2.45) is 7.05 Å². The maximum Gasteiger partial charge on any atom is 0.117 e. The molecule has 2 heteroatoms. The molecule has 0 saturated carbocycles. The van der Waals surface area contributed by atoms with Crippen molar-refractivity contribution in [3.8, 4) is 11.1 Å². The highest BCUT2D eigenvalue weighted by Gasteiger charge is 2.14. The monoisotopic (exact) mass is 255 g/mol. The summed E-state index contributed by atoms with van der Waals surface area (Å²) >= 11 is 6.47. The number of nitrogens with zero attached hydrogens (tertiary/aromatic N) is 1. The topological polar surface area (TPSA) is 4.93 Å². The second kappa shape index (κ2) is 4.18. The summed E-state index contributed by atoms with van der Waals surface area (Å²) < 4.78 is 2.03. The molecule has 0 radical (unpaired) electrons. The third-order valence-electron chi connectivity index (χ3n) is 3.38. The molecular weight excluding hydrogens is 242 g/mol. The zero-order chi connectivity index (χ0) is 12.7. The van der Waals surface area contributed by atoms with E-state index in [0.29, 0.717) is 0 Å². The summed E-state index contributed by atoms with van der Waals surface area (Å²) in [5.41, 5.74) is 4.71. The van der Waals surface area contributed by atoms with Crippen LogP contribution in [0.3, 0.4) is 0 Å². The zero-order valence-corrected chi connectivity index (χ0v) is 11.2. The van der Waals surface area contributed by atoms with E-state index in [2.05, 4.69) is 49.4 Å². The van der Waals surface area contributed by atoms with Crippen LogP contribution in [0.5, 0.6) is 0 Å². The Balaban J connectivity index is 2.35. The molecule has 0 spiro atoms. The highest BCUT2D eigenvalue weighted by Crippen LogP contribution is 2.37. The minimum atomic E-state index is 0.792. The van der Waals surface area contributed by atoms with E-state index in [9.17, 15) is 0 Å². The van der Waals surface area contributed by atoms with E-state index in [1.165, 1.54) is 16.5 Å². The van der Waals surface area contributed by atoms with Gasteiger partial charge in [-0.1, -0.05) is 59.6 Å². The summed E-state index contributed by atoms with van der Waals surface area (Å²) in [7, 11) is 2.00. The van der Waals surface area contributed by atoms with E-state index < -0.39 is 0 Å². The highest BCUT2D eigenvalue weighted by molar-refractivity contribution is 6.34. The van der Waals surface area contributed by atoms with Crippen LogP contribution < -0.4 is 0 Å². The van der Waals surface area contributed by atoms with E-state index in [1.54, 1.807) is 0 Å². The molecular formula is C16H14ClN. The number of aryl methyl sites for hydroxylation is 2. The van der Waals surface area contributed by atoms with Gasteiger partial charge in [-0.3, -0.25) is 0 Å². The predicted molar refractivity (Wildman–Crippen MR) is 78.1 cm³/mol. The van der Waals surface area contributed by atoms with Crippen molar-refractivity contribution in [3.63, 3.8) is 0 Å². The number of para-hydroxylation sites is 1. The summed E-state index contributed by atoms with van der Waals surface area (Å²) in [4.78, 5) is 0. The second-order valence-electron chi connectivity index (χ2n) is 4.61. The lowest BCUT2D eigenvalue weighted by Crippen LogP contribution is -1.86. The largest absolute Gasteiger partial charge is 0.334 e. The smallest absolute Gasteiger partial charge is 0.117 e. The Morgan fingerprint density at radius 3 is 2.33 bits per heavy atom. The van der Waals surface area contributed by atoms with Crippen molar-refractivity contribution in [3.05, 3.63) is 59.2 Å². The Kier molecular flexibility index (Phi) is 2.64. The summed E-state index contributed by atoms with van der Waals surface area (Å²) in [6.07, 6.45) is 0. The molecule has 3 rings (SSSR count). The SMILES string of the molecule is Cc1ccc(-c2c(Cl)n(C)c3ccccc23)cc1. The van der Waals surface area contributed by atoms with Gasteiger partial charge >= 0.3 is 0 Å².